The maximum absolute atomic E-state index is 3.48. The molecule has 0 saturated carbocycles. The van der Waals surface area contributed by atoms with E-state index < -0.39 is 0 Å². The van der Waals surface area contributed by atoms with Gasteiger partial charge >= 0.3 is 0 Å². The summed E-state index contributed by atoms with van der Waals surface area (Å²) in [6.45, 7) is 4.79. The fraction of sp³-hybridized carbons (Fsp3) is 0.600. The van der Waals surface area contributed by atoms with E-state index in [1.165, 1.54) is 19.5 Å². The standard InChI is InChI=1S/C10H14N2S/c1-4-12-5-3-11-7-9(12)10-8(1)2-6-13-10/h2,6,9,11H,1,3-5,7H2/t9-/m1/s1. The third kappa shape index (κ3) is 1.23. The van der Waals surface area contributed by atoms with Crippen LogP contribution in [0, 0.1) is 0 Å². The summed E-state index contributed by atoms with van der Waals surface area (Å²) in [5, 5.41) is 5.72. The topological polar surface area (TPSA) is 15.3 Å². The molecule has 2 aliphatic rings. The molecule has 3 heterocycles. The molecule has 0 radical (unpaired) electrons. The van der Waals surface area contributed by atoms with Crippen molar-refractivity contribution in [1.82, 2.24) is 10.2 Å². The van der Waals surface area contributed by atoms with E-state index in [-0.39, 0.29) is 0 Å². The highest BCUT2D eigenvalue weighted by atomic mass is 32.1. The van der Waals surface area contributed by atoms with Crippen LogP contribution in [-0.4, -0.2) is 31.1 Å². The van der Waals surface area contributed by atoms with Crippen LogP contribution in [0.5, 0.6) is 0 Å². The lowest BCUT2D eigenvalue weighted by Gasteiger charge is -2.39. The zero-order chi connectivity index (χ0) is 8.67. The normalized spacial score (nSPS) is 28.2. The van der Waals surface area contributed by atoms with Gasteiger partial charge in [-0.1, -0.05) is 0 Å². The second-order valence-corrected chi connectivity index (χ2v) is 4.76. The molecule has 1 N–H and O–H groups in total. The second kappa shape index (κ2) is 3.08. The van der Waals surface area contributed by atoms with E-state index in [2.05, 4.69) is 21.7 Å². The first kappa shape index (κ1) is 7.97. The summed E-state index contributed by atoms with van der Waals surface area (Å²) in [6, 6.07) is 2.98. The number of hydrogen-bond acceptors (Lipinski definition) is 3. The SMILES string of the molecule is c1cc2c(s1)[C@H]1CNCCN1CC2. The van der Waals surface area contributed by atoms with Crippen LogP contribution < -0.4 is 5.32 Å². The van der Waals surface area contributed by atoms with Crippen LogP contribution in [-0.2, 0) is 6.42 Å². The minimum Gasteiger partial charge on any atom is -0.314 e. The van der Waals surface area contributed by atoms with Crippen molar-refractivity contribution in [3.8, 4) is 0 Å². The summed E-state index contributed by atoms with van der Waals surface area (Å²) in [5.41, 5.74) is 1.59. The second-order valence-electron chi connectivity index (χ2n) is 3.82. The third-order valence-corrected chi connectivity index (χ3v) is 4.17. The third-order valence-electron chi connectivity index (χ3n) is 3.11. The molecule has 2 aliphatic heterocycles. The summed E-state index contributed by atoms with van der Waals surface area (Å²) in [6.07, 6.45) is 1.26. The van der Waals surface area contributed by atoms with E-state index in [9.17, 15) is 0 Å². The Morgan fingerprint density at radius 2 is 2.46 bits per heavy atom. The molecule has 0 unspecified atom stereocenters. The Morgan fingerprint density at radius 3 is 3.46 bits per heavy atom. The Hall–Kier alpha value is -0.380. The molecule has 0 spiro atoms. The number of thiophene rings is 1. The molecular weight excluding hydrogens is 180 g/mol. The Kier molecular flexibility index (Phi) is 1.89. The molecule has 0 amide bonds. The van der Waals surface area contributed by atoms with Crippen LogP contribution >= 0.6 is 11.3 Å². The number of nitrogens with zero attached hydrogens (tertiary/aromatic N) is 1. The van der Waals surface area contributed by atoms with Crippen molar-refractivity contribution in [2.45, 2.75) is 12.5 Å². The van der Waals surface area contributed by atoms with E-state index in [1.807, 2.05) is 11.3 Å². The van der Waals surface area contributed by atoms with Crippen molar-refractivity contribution >= 4 is 11.3 Å². The average Bonchev–Trinajstić information content (AvgIpc) is 2.65. The van der Waals surface area contributed by atoms with Gasteiger partial charge < -0.3 is 5.32 Å². The van der Waals surface area contributed by atoms with Crippen LogP contribution in [0.2, 0.25) is 0 Å². The largest absolute Gasteiger partial charge is 0.314 e. The Balaban J connectivity index is 1.97. The predicted octanol–water partition coefficient (Wildman–Crippen LogP) is 1.25. The van der Waals surface area contributed by atoms with Crippen molar-refractivity contribution in [2.75, 3.05) is 26.2 Å². The Morgan fingerprint density at radius 1 is 1.46 bits per heavy atom. The summed E-state index contributed by atoms with van der Waals surface area (Å²) in [7, 11) is 0. The number of rotatable bonds is 0. The van der Waals surface area contributed by atoms with Gasteiger partial charge in [0.15, 0.2) is 0 Å². The van der Waals surface area contributed by atoms with Crippen LogP contribution in [0.25, 0.3) is 0 Å². The smallest absolute Gasteiger partial charge is 0.0569 e. The molecule has 1 aromatic heterocycles. The lowest BCUT2D eigenvalue weighted by molar-refractivity contribution is 0.155. The summed E-state index contributed by atoms with van der Waals surface area (Å²) < 4.78 is 0. The van der Waals surface area contributed by atoms with Gasteiger partial charge in [-0.05, 0) is 23.4 Å². The predicted molar refractivity (Wildman–Crippen MR) is 55.2 cm³/mol. The van der Waals surface area contributed by atoms with Gasteiger partial charge in [-0.25, -0.2) is 0 Å². The van der Waals surface area contributed by atoms with Gasteiger partial charge in [-0.3, -0.25) is 4.90 Å². The molecule has 0 aliphatic carbocycles. The fourth-order valence-corrected chi connectivity index (χ4v) is 3.47. The van der Waals surface area contributed by atoms with Crippen LogP contribution in [0.4, 0.5) is 0 Å². The first-order valence-electron chi connectivity index (χ1n) is 4.96. The highest BCUT2D eigenvalue weighted by Crippen LogP contribution is 2.34. The summed E-state index contributed by atoms with van der Waals surface area (Å²) >= 11 is 1.93. The summed E-state index contributed by atoms with van der Waals surface area (Å²) in [5.74, 6) is 0. The van der Waals surface area contributed by atoms with Crippen molar-refractivity contribution < 1.29 is 0 Å². The molecule has 13 heavy (non-hydrogen) atoms. The van der Waals surface area contributed by atoms with E-state index in [0.29, 0.717) is 6.04 Å². The first-order chi connectivity index (χ1) is 6.45. The number of hydrogen-bond donors (Lipinski definition) is 1. The maximum atomic E-state index is 3.48. The molecule has 0 aromatic carbocycles. The van der Waals surface area contributed by atoms with E-state index in [1.54, 1.807) is 10.4 Å². The number of fused-ring (bicyclic) bond motifs is 3. The van der Waals surface area contributed by atoms with Gasteiger partial charge in [0, 0.05) is 31.1 Å². The molecule has 1 atom stereocenters. The lowest BCUT2D eigenvalue weighted by Crippen LogP contribution is -2.48. The molecule has 3 heteroatoms. The van der Waals surface area contributed by atoms with Crippen molar-refractivity contribution in [3.05, 3.63) is 21.9 Å². The molecule has 70 valence electrons. The van der Waals surface area contributed by atoms with E-state index >= 15 is 0 Å². The lowest BCUT2D eigenvalue weighted by atomic mass is 10.0. The first-order valence-corrected chi connectivity index (χ1v) is 5.84. The molecule has 0 bridgehead atoms. The van der Waals surface area contributed by atoms with Gasteiger partial charge in [-0.15, -0.1) is 11.3 Å². The molecule has 1 fully saturated rings. The zero-order valence-electron chi connectivity index (χ0n) is 7.62. The van der Waals surface area contributed by atoms with Crippen LogP contribution in [0.15, 0.2) is 11.4 Å². The van der Waals surface area contributed by atoms with Gasteiger partial charge in [-0.2, -0.15) is 0 Å². The molecule has 1 saturated heterocycles. The molecular formula is C10H14N2S. The Bertz CT molecular complexity index is 308. The van der Waals surface area contributed by atoms with Crippen LogP contribution in [0.1, 0.15) is 16.5 Å². The van der Waals surface area contributed by atoms with Crippen LogP contribution in [0.3, 0.4) is 0 Å². The highest BCUT2D eigenvalue weighted by Gasteiger charge is 2.29. The molecule has 1 aromatic rings. The molecule has 3 rings (SSSR count). The van der Waals surface area contributed by atoms with Gasteiger partial charge in [0.2, 0.25) is 0 Å². The molecule has 2 nitrogen and oxygen atoms in total. The summed E-state index contributed by atoms with van der Waals surface area (Å²) in [4.78, 5) is 4.23. The van der Waals surface area contributed by atoms with Crippen molar-refractivity contribution in [1.29, 1.82) is 0 Å². The van der Waals surface area contributed by atoms with E-state index in [4.69, 9.17) is 0 Å². The van der Waals surface area contributed by atoms with Crippen molar-refractivity contribution in [3.63, 3.8) is 0 Å². The van der Waals surface area contributed by atoms with Gasteiger partial charge in [0.05, 0.1) is 6.04 Å². The quantitative estimate of drug-likeness (QED) is 0.668. The number of piperazine rings is 1. The van der Waals surface area contributed by atoms with E-state index in [0.717, 1.165) is 13.1 Å². The maximum Gasteiger partial charge on any atom is 0.0569 e. The minimum atomic E-state index is 0.678. The fourth-order valence-electron chi connectivity index (χ4n) is 2.38. The zero-order valence-corrected chi connectivity index (χ0v) is 8.44. The van der Waals surface area contributed by atoms with Gasteiger partial charge in [0.25, 0.3) is 0 Å². The average molecular weight is 194 g/mol. The van der Waals surface area contributed by atoms with Crippen molar-refractivity contribution in [2.24, 2.45) is 0 Å². The number of nitrogens with one attached hydrogen (secondary N) is 1. The highest BCUT2D eigenvalue weighted by molar-refractivity contribution is 7.10. The monoisotopic (exact) mass is 194 g/mol. The van der Waals surface area contributed by atoms with Gasteiger partial charge in [0.1, 0.15) is 0 Å². The minimum absolute atomic E-state index is 0.678. The Labute approximate surface area is 82.6 Å².